The third-order valence-electron chi connectivity index (χ3n) is 9.36. The zero-order valence-electron chi connectivity index (χ0n) is 21.3. The van der Waals surface area contributed by atoms with Crippen molar-refractivity contribution in [1.29, 1.82) is 0 Å². The smallest absolute Gasteiger partial charge is 0.231 e. The molecule has 1 atom stereocenters. The lowest BCUT2D eigenvalue weighted by Gasteiger charge is -2.56. The lowest BCUT2D eigenvalue weighted by molar-refractivity contribution is -0.117. The highest BCUT2D eigenvalue weighted by Gasteiger charge is 2.51. The second-order valence-electron chi connectivity index (χ2n) is 12.2. The van der Waals surface area contributed by atoms with Crippen LogP contribution in [0.25, 0.3) is 16.7 Å². The Bertz CT molecular complexity index is 1560. The second-order valence-corrected chi connectivity index (χ2v) is 12.2. The molecule has 4 saturated carbocycles. The molecular formula is C30H28F3N3O3. The zero-order chi connectivity index (χ0) is 27.1. The van der Waals surface area contributed by atoms with Gasteiger partial charge in [-0.25, -0.2) is 18.2 Å². The SMILES string of the molecule is O=C(CC12CC3CC(CC(C3)C1)C2)c1cn(-c2ccc(F)cc2F)c2nc(N3CC(F)CC3=O)ccc2c1=O. The molecule has 9 heteroatoms. The Balaban J connectivity index is 1.34. The minimum Gasteiger partial charge on any atom is -0.297 e. The van der Waals surface area contributed by atoms with Gasteiger partial charge in [0.2, 0.25) is 11.3 Å². The van der Waals surface area contributed by atoms with Gasteiger partial charge in [-0.1, -0.05) is 0 Å². The molecule has 2 aromatic heterocycles. The number of aromatic nitrogens is 2. The molecule has 39 heavy (non-hydrogen) atoms. The number of halogens is 3. The maximum atomic E-state index is 15.0. The highest BCUT2D eigenvalue weighted by molar-refractivity contribution is 6.00. The van der Waals surface area contributed by atoms with Crippen molar-refractivity contribution in [2.24, 2.45) is 23.2 Å². The van der Waals surface area contributed by atoms with Crippen molar-refractivity contribution in [3.05, 3.63) is 63.9 Å². The van der Waals surface area contributed by atoms with E-state index in [1.807, 2.05) is 0 Å². The van der Waals surface area contributed by atoms with Gasteiger partial charge in [-0.05, 0) is 86.0 Å². The molecule has 1 aromatic carbocycles. The molecule has 8 rings (SSSR count). The number of amides is 1. The molecule has 1 aliphatic heterocycles. The summed E-state index contributed by atoms with van der Waals surface area (Å²) in [5, 5.41) is 0.0716. The van der Waals surface area contributed by atoms with Crippen molar-refractivity contribution in [2.75, 3.05) is 11.4 Å². The molecule has 0 spiro atoms. The van der Waals surface area contributed by atoms with Gasteiger partial charge in [0.25, 0.3) is 0 Å². The third-order valence-corrected chi connectivity index (χ3v) is 9.36. The Morgan fingerprint density at radius 2 is 1.69 bits per heavy atom. The second kappa shape index (κ2) is 8.76. The first-order chi connectivity index (χ1) is 18.7. The molecule has 3 aromatic rings. The summed E-state index contributed by atoms with van der Waals surface area (Å²) in [5.74, 6) is -0.340. The van der Waals surface area contributed by atoms with Crippen LogP contribution in [0.1, 0.15) is 61.7 Å². The summed E-state index contributed by atoms with van der Waals surface area (Å²) in [6.07, 6.45) is 6.67. The average molecular weight is 536 g/mol. The molecule has 5 fully saturated rings. The van der Waals surface area contributed by atoms with Crippen LogP contribution in [0.2, 0.25) is 0 Å². The topological polar surface area (TPSA) is 72.3 Å². The molecule has 1 saturated heterocycles. The van der Waals surface area contributed by atoms with Crippen molar-refractivity contribution < 1.29 is 22.8 Å². The fourth-order valence-electron chi connectivity index (χ4n) is 8.23. The standard InChI is InChI=1S/C30H28F3N3O3/c31-19-1-3-24(23(33)8-19)35-15-22(25(37)13-30-10-16-5-17(11-30)7-18(6-16)12-30)28(39)21-2-4-26(34-29(21)35)36-14-20(32)9-27(36)38/h1-4,8,15-18,20H,5-7,9-14H2. The van der Waals surface area contributed by atoms with Crippen LogP contribution >= 0.6 is 0 Å². The van der Waals surface area contributed by atoms with Crippen molar-refractivity contribution in [1.82, 2.24) is 9.55 Å². The highest BCUT2D eigenvalue weighted by Crippen LogP contribution is 2.61. The molecule has 4 bridgehead atoms. The Morgan fingerprint density at radius 3 is 2.31 bits per heavy atom. The average Bonchev–Trinajstić information content (AvgIpc) is 3.21. The van der Waals surface area contributed by atoms with Gasteiger partial charge in [-0.2, -0.15) is 0 Å². The Kier molecular flexibility index (Phi) is 5.51. The predicted octanol–water partition coefficient (Wildman–Crippen LogP) is 5.53. The van der Waals surface area contributed by atoms with E-state index in [2.05, 4.69) is 4.98 Å². The molecule has 4 aliphatic carbocycles. The van der Waals surface area contributed by atoms with E-state index in [4.69, 9.17) is 0 Å². The molecule has 1 amide bonds. The van der Waals surface area contributed by atoms with E-state index in [1.165, 1.54) is 53.1 Å². The summed E-state index contributed by atoms with van der Waals surface area (Å²) in [6.45, 7) is -0.173. The highest BCUT2D eigenvalue weighted by atomic mass is 19.1. The molecule has 6 nitrogen and oxygen atoms in total. The van der Waals surface area contributed by atoms with Gasteiger partial charge in [0.1, 0.15) is 23.6 Å². The van der Waals surface area contributed by atoms with E-state index >= 15 is 4.39 Å². The number of Topliss-reactive ketones (excluding diaryl/α,β-unsaturated/α-hetero) is 1. The number of rotatable bonds is 5. The maximum absolute atomic E-state index is 15.0. The number of carbonyl (C=O) groups excluding carboxylic acids is 2. The minimum absolute atomic E-state index is 0.00414. The van der Waals surface area contributed by atoms with Crippen LogP contribution in [-0.4, -0.2) is 34.0 Å². The number of hydrogen-bond donors (Lipinski definition) is 0. The zero-order valence-corrected chi connectivity index (χ0v) is 21.3. The van der Waals surface area contributed by atoms with Crippen LogP contribution in [0.4, 0.5) is 19.0 Å². The van der Waals surface area contributed by atoms with E-state index < -0.39 is 29.1 Å². The number of pyridine rings is 2. The summed E-state index contributed by atoms with van der Waals surface area (Å²) in [7, 11) is 0. The van der Waals surface area contributed by atoms with Gasteiger partial charge in [0.15, 0.2) is 11.4 Å². The number of benzene rings is 1. The summed E-state index contributed by atoms with van der Waals surface area (Å²) in [6, 6.07) is 5.91. The summed E-state index contributed by atoms with van der Waals surface area (Å²) >= 11 is 0. The van der Waals surface area contributed by atoms with Crippen molar-refractivity contribution in [3.8, 4) is 5.69 Å². The number of ketones is 1. The number of anilines is 1. The van der Waals surface area contributed by atoms with Crippen LogP contribution in [0.3, 0.4) is 0 Å². The van der Waals surface area contributed by atoms with E-state index in [0.717, 1.165) is 31.4 Å². The van der Waals surface area contributed by atoms with E-state index in [1.54, 1.807) is 0 Å². The number of alkyl halides is 1. The molecule has 0 radical (unpaired) electrons. The van der Waals surface area contributed by atoms with E-state index in [0.29, 0.717) is 17.8 Å². The van der Waals surface area contributed by atoms with Crippen molar-refractivity contribution in [3.63, 3.8) is 0 Å². The molecular weight excluding hydrogens is 507 g/mol. The van der Waals surface area contributed by atoms with Crippen LogP contribution in [0.5, 0.6) is 0 Å². The first-order valence-corrected chi connectivity index (χ1v) is 13.7. The Hall–Kier alpha value is -3.49. The number of nitrogens with zero attached hydrogens (tertiary/aromatic N) is 3. The van der Waals surface area contributed by atoms with Gasteiger partial charge in [-0.3, -0.25) is 23.9 Å². The minimum atomic E-state index is -1.34. The predicted molar refractivity (Wildman–Crippen MR) is 139 cm³/mol. The van der Waals surface area contributed by atoms with Gasteiger partial charge in [-0.15, -0.1) is 0 Å². The van der Waals surface area contributed by atoms with Crippen LogP contribution in [0, 0.1) is 34.8 Å². The van der Waals surface area contributed by atoms with Gasteiger partial charge < -0.3 is 0 Å². The number of fused-ring (bicyclic) bond motifs is 1. The van der Waals surface area contributed by atoms with Crippen LogP contribution < -0.4 is 10.3 Å². The first kappa shape index (κ1) is 24.5. The maximum Gasteiger partial charge on any atom is 0.231 e. The van der Waals surface area contributed by atoms with E-state index in [9.17, 15) is 23.2 Å². The quantitative estimate of drug-likeness (QED) is 0.403. The fourth-order valence-corrected chi connectivity index (χ4v) is 8.23. The molecule has 1 unspecified atom stereocenters. The van der Waals surface area contributed by atoms with E-state index in [-0.39, 0.29) is 58.7 Å². The first-order valence-electron chi connectivity index (χ1n) is 13.7. The van der Waals surface area contributed by atoms with Crippen molar-refractivity contribution in [2.45, 2.75) is 57.5 Å². The summed E-state index contributed by atoms with van der Waals surface area (Å²) < 4.78 is 44.0. The molecule has 3 heterocycles. The summed E-state index contributed by atoms with van der Waals surface area (Å²) in [4.78, 5) is 45.4. The van der Waals surface area contributed by atoms with Crippen molar-refractivity contribution >= 4 is 28.5 Å². The fraction of sp³-hybridized carbons (Fsp3) is 0.467. The van der Waals surface area contributed by atoms with Gasteiger partial charge >= 0.3 is 0 Å². The molecule has 0 N–H and O–H groups in total. The molecule has 5 aliphatic rings. The van der Waals surface area contributed by atoms with Gasteiger partial charge in [0, 0.05) is 18.7 Å². The lowest BCUT2D eigenvalue weighted by atomic mass is 9.48. The Labute approximate surface area is 222 Å². The molecule has 202 valence electrons. The van der Waals surface area contributed by atoms with Crippen LogP contribution in [0.15, 0.2) is 41.3 Å². The largest absolute Gasteiger partial charge is 0.297 e. The van der Waals surface area contributed by atoms with Gasteiger partial charge in [0.05, 0.1) is 29.6 Å². The number of hydrogen-bond acceptors (Lipinski definition) is 4. The monoisotopic (exact) mass is 535 g/mol. The number of carbonyl (C=O) groups is 2. The lowest BCUT2D eigenvalue weighted by Crippen LogP contribution is -2.47. The van der Waals surface area contributed by atoms with Crippen LogP contribution in [-0.2, 0) is 4.79 Å². The summed E-state index contributed by atoms with van der Waals surface area (Å²) in [5.41, 5.74) is -0.762. The Morgan fingerprint density at radius 1 is 1.00 bits per heavy atom. The third kappa shape index (κ3) is 4.08. The normalized spacial score (nSPS) is 29.5.